The number of β-amino-alcohol motifs (C(OH)–C–C–N with tert-alkyl or cyclic N) is 1. The molecule has 23 heavy (non-hydrogen) atoms. The number of hydrogen-bond acceptors (Lipinski definition) is 4. The van der Waals surface area contributed by atoms with Gasteiger partial charge in [0.2, 0.25) is 0 Å². The second-order valence-corrected chi connectivity index (χ2v) is 5.85. The molecule has 122 valence electrons. The minimum absolute atomic E-state index is 0.397. The van der Waals surface area contributed by atoms with Crippen LogP contribution >= 0.6 is 0 Å². The summed E-state index contributed by atoms with van der Waals surface area (Å²) in [6, 6.07) is 10.1. The number of hydrogen-bond donors (Lipinski definition) is 1. The summed E-state index contributed by atoms with van der Waals surface area (Å²) in [5, 5.41) is 14.3. The monoisotopic (exact) mass is 313 g/mol. The Morgan fingerprint density at radius 2 is 2.09 bits per heavy atom. The lowest BCUT2D eigenvalue weighted by atomic mass is 9.99. The van der Waals surface area contributed by atoms with E-state index in [2.05, 4.69) is 28.2 Å². The standard InChI is InChI=1S/C18H23N3O2/c1-23-18-5-3-15(4-6-18)16-7-11-20(12-8-16)13-17(22)14-21-10-2-9-19-21/h2-7,9-10,17,22H,8,11-14H2,1H3. The van der Waals surface area contributed by atoms with Crippen LogP contribution in [0.1, 0.15) is 12.0 Å². The predicted octanol–water partition coefficient (Wildman–Crippen LogP) is 2.04. The van der Waals surface area contributed by atoms with Crippen LogP contribution in [0, 0.1) is 0 Å². The number of rotatable bonds is 6. The summed E-state index contributed by atoms with van der Waals surface area (Å²) in [6.45, 7) is 3.05. The van der Waals surface area contributed by atoms with Crippen LogP contribution in [0.4, 0.5) is 0 Å². The van der Waals surface area contributed by atoms with Crippen molar-refractivity contribution in [3.63, 3.8) is 0 Å². The highest BCUT2D eigenvalue weighted by Crippen LogP contribution is 2.24. The molecule has 0 saturated carbocycles. The number of benzene rings is 1. The SMILES string of the molecule is COc1ccc(C2=CCN(CC(O)Cn3cccn3)CC2)cc1. The highest BCUT2D eigenvalue weighted by atomic mass is 16.5. The third-order valence-corrected chi connectivity index (χ3v) is 4.18. The number of methoxy groups -OCH3 is 1. The molecular formula is C18H23N3O2. The van der Waals surface area contributed by atoms with Gasteiger partial charge < -0.3 is 9.84 Å². The van der Waals surface area contributed by atoms with Gasteiger partial charge in [-0.05, 0) is 35.8 Å². The third kappa shape index (κ3) is 4.21. The first-order chi connectivity index (χ1) is 11.2. The summed E-state index contributed by atoms with van der Waals surface area (Å²) >= 11 is 0. The topological polar surface area (TPSA) is 50.5 Å². The fraction of sp³-hybridized carbons (Fsp3) is 0.389. The van der Waals surface area contributed by atoms with E-state index in [0.29, 0.717) is 13.1 Å². The number of aromatic nitrogens is 2. The molecule has 1 aliphatic rings. The average Bonchev–Trinajstić information content (AvgIpc) is 3.08. The highest BCUT2D eigenvalue weighted by molar-refractivity contribution is 5.67. The Hall–Kier alpha value is -2.11. The van der Waals surface area contributed by atoms with Gasteiger partial charge in [0, 0.05) is 32.0 Å². The van der Waals surface area contributed by atoms with E-state index < -0.39 is 6.10 Å². The van der Waals surface area contributed by atoms with Crippen LogP contribution in [-0.4, -0.2) is 52.6 Å². The quantitative estimate of drug-likeness (QED) is 0.887. The van der Waals surface area contributed by atoms with Crippen LogP contribution in [0.3, 0.4) is 0 Å². The molecule has 5 nitrogen and oxygen atoms in total. The minimum Gasteiger partial charge on any atom is -0.497 e. The molecule has 3 rings (SSSR count). The maximum Gasteiger partial charge on any atom is 0.118 e. The zero-order valence-corrected chi connectivity index (χ0v) is 13.4. The second kappa shape index (κ2) is 7.44. The van der Waals surface area contributed by atoms with Crippen molar-refractivity contribution in [1.29, 1.82) is 0 Å². The first kappa shape index (κ1) is 15.8. The number of nitrogens with zero attached hydrogens (tertiary/aromatic N) is 3. The minimum atomic E-state index is -0.397. The van der Waals surface area contributed by atoms with Gasteiger partial charge in [-0.25, -0.2) is 0 Å². The van der Waals surface area contributed by atoms with Gasteiger partial charge in [0.05, 0.1) is 19.8 Å². The summed E-state index contributed by atoms with van der Waals surface area (Å²) in [7, 11) is 1.68. The summed E-state index contributed by atoms with van der Waals surface area (Å²) in [5.41, 5.74) is 2.62. The van der Waals surface area contributed by atoms with Crippen molar-refractivity contribution in [3.05, 3.63) is 54.4 Å². The van der Waals surface area contributed by atoms with E-state index in [-0.39, 0.29) is 0 Å². The molecule has 1 aliphatic heterocycles. The van der Waals surface area contributed by atoms with Gasteiger partial charge in [-0.1, -0.05) is 18.2 Å². The highest BCUT2D eigenvalue weighted by Gasteiger charge is 2.16. The van der Waals surface area contributed by atoms with Crippen molar-refractivity contribution < 1.29 is 9.84 Å². The Balaban J connectivity index is 1.53. The lowest BCUT2D eigenvalue weighted by Gasteiger charge is -2.28. The Bertz CT molecular complexity index is 635. The molecule has 0 amide bonds. The molecule has 1 aromatic heterocycles. The Kier molecular flexibility index (Phi) is 5.10. The molecule has 0 bridgehead atoms. The predicted molar refractivity (Wildman–Crippen MR) is 90.3 cm³/mol. The van der Waals surface area contributed by atoms with E-state index in [1.54, 1.807) is 18.0 Å². The fourth-order valence-electron chi connectivity index (χ4n) is 2.92. The third-order valence-electron chi connectivity index (χ3n) is 4.18. The molecule has 0 saturated heterocycles. The summed E-state index contributed by atoms with van der Waals surface area (Å²) in [5.74, 6) is 0.883. The van der Waals surface area contributed by atoms with E-state index in [0.717, 1.165) is 25.3 Å². The van der Waals surface area contributed by atoms with Crippen molar-refractivity contribution in [1.82, 2.24) is 14.7 Å². The first-order valence-corrected chi connectivity index (χ1v) is 7.96. The number of aliphatic hydroxyl groups is 1. The summed E-state index contributed by atoms with van der Waals surface area (Å²) < 4.78 is 6.97. The molecule has 1 aromatic carbocycles. The summed E-state index contributed by atoms with van der Waals surface area (Å²) in [6.07, 6.45) is 6.47. The molecular weight excluding hydrogens is 290 g/mol. The molecule has 0 spiro atoms. The van der Waals surface area contributed by atoms with Gasteiger partial charge in [0.15, 0.2) is 0 Å². The van der Waals surface area contributed by atoms with Crippen LogP contribution in [0.5, 0.6) is 5.75 Å². The zero-order valence-electron chi connectivity index (χ0n) is 13.4. The van der Waals surface area contributed by atoms with Crippen LogP contribution < -0.4 is 4.74 Å². The molecule has 0 fully saturated rings. The van der Waals surface area contributed by atoms with E-state index in [1.807, 2.05) is 24.4 Å². The van der Waals surface area contributed by atoms with E-state index in [9.17, 15) is 5.11 Å². The molecule has 2 aromatic rings. The molecule has 5 heteroatoms. The van der Waals surface area contributed by atoms with E-state index >= 15 is 0 Å². The second-order valence-electron chi connectivity index (χ2n) is 5.85. The lowest BCUT2D eigenvalue weighted by Crippen LogP contribution is -2.37. The average molecular weight is 313 g/mol. The fourth-order valence-corrected chi connectivity index (χ4v) is 2.92. The van der Waals surface area contributed by atoms with Crippen molar-refractivity contribution in [2.75, 3.05) is 26.7 Å². The Morgan fingerprint density at radius 3 is 2.70 bits per heavy atom. The number of ether oxygens (including phenoxy) is 1. The van der Waals surface area contributed by atoms with Crippen LogP contribution in [0.25, 0.3) is 5.57 Å². The molecule has 1 atom stereocenters. The first-order valence-electron chi connectivity index (χ1n) is 7.96. The van der Waals surface area contributed by atoms with E-state index in [1.165, 1.54) is 11.1 Å². The Morgan fingerprint density at radius 1 is 1.26 bits per heavy atom. The van der Waals surface area contributed by atoms with Crippen molar-refractivity contribution >= 4 is 5.57 Å². The summed E-state index contributed by atoms with van der Waals surface area (Å²) in [4.78, 5) is 2.28. The molecule has 2 heterocycles. The van der Waals surface area contributed by atoms with Crippen LogP contribution in [-0.2, 0) is 6.54 Å². The molecule has 0 aliphatic carbocycles. The molecule has 1 N–H and O–H groups in total. The van der Waals surface area contributed by atoms with Crippen molar-refractivity contribution in [2.24, 2.45) is 0 Å². The zero-order chi connectivity index (χ0) is 16.1. The smallest absolute Gasteiger partial charge is 0.118 e. The number of aliphatic hydroxyl groups excluding tert-OH is 1. The van der Waals surface area contributed by atoms with Crippen LogP contribution in [0.2, 0.25) is 0 Å². The maximum atomic E-state index is 10.2. The van der Waals surface area contributed by atoms with E-state index in [4.69, 9.17) is 4.74 Å². The normalized spacial score (nSPS) is 16.9. The van der Waals surface area contributed by atoms with Crippen molar-refractivity contribution in [2.45, 2.75) is 19.1 Å². The Labute approximate surface area is 136 Å². The van der Waals surface area contributed by atoms with Gasteiger partial charge in [-0.2, -0.15) is 5.10 Å². The van der Waals surface area contributed by atoms with Crippen molar-refractivity contribution in [3.8, 4) is 5.75 Å². The molecule has 1 unspecified atom stereocenters. The van der Waals surface area contributed by atoms with Gasteiger partial charge in [-0.15, -0.1) is 0 Å². The molecule has 0 radical (unpaired) electrons. The largest absolute Gasteiger partial charge is 0.497 e. The van der Waals surface area contributed by atoms with Gasteiger partial charge >= 0.3 is 0 Å². The van der Waals surface area contributed by atoms with Gasteiger partial charge in [0.1, 0.15) is 5.75 Å². The maximum absolute atomic E-state index is 10.2. The van der Waals surface area contributed by atoms with Gasteiger partial charge in [-0.3, -0.25) is 9.58 Å². The van der Waals surface area contributed by atoms with Gasteiger partial charge in [0.25, 0.3) is 0 Å². The van der Waals surface area contributed by atoms with Crippen LogP contribution in [0.15, 0.2) is 48.8 Å². The lowest BCUT2D eigenvalue weighted by molar-refractivity contribution is 0.0997.